The summed E-state index contributed by atoms with van der Waals surface area (Å²) in [5.41, 5.74) is 0. The third-order valence-electron chi connectivity index (χ3n) is 17.6. The Balaban J connectivity index is 5.20. The number of unbranched alkanes of at least 4 members (excludes halogenated alkanes) is 39. The quantitative estimate of drug-likeness (QED) is 0.0222. The molecule has 0 saturated heterocycles. The summed E-state index contributed by atoms with van der Waals surface area (Å²) < 4.78 is 68.4. The highest BCUT2D eigenvalue weighted by molar-refractivity contribution is 7.47. The molecule has 0 heterocycles. The minimum atomic E-state index is -4.96. The maximum atomic E-state index is 13.1. The zero-order valence-electron chi connectivity index (χ0n) is 62.3. The van der Waals surface area contributed by atoms with Gasteiger partial charge in [-0.3, -0.25) is 37.3 Å². The number of hydrogen-bond acceptors (Lipinski definition) is 15. The predicted molar refractivity (Wildman–Crippen MR) is 386 cm³/mol. The van der Waals surface area contributed by atoms with Gasteiger partial charge in [-0.05, 0) is 49.4 Å². The normalized spacial score (nSPS) is 14.1. The molecular weight excluding hydrogens is 1250 g/mol. The Hall–Kier alpha value is -1.94. The smallest absolute Gasteiger partial charge is 0.462 e. The first-order valence-corrected chi connectivity index (χ1v) is 42.2. The van der Waals surface area contributed by atoms with E-state index in [9.17, 15) is 43.2 Å². The van der Waals surface area contributed by atoms with E-state index in [1.54, 1.807) is 0 Å². The van der Waals surface area contributed by atoms with Crippen molar-refractivity contribution in [2.45, 2.75) is 401 Å². The molecular formula is C76H148O17P2. The summed E-state index contributed by atoms with van der Waals surface area (Å²) in [6.07, 6.45) is 50.3. The van der Waals surface area contributed by atoms with E-state index in [4.69, 9.17) is 37.0 Å². The molecule has 17 nitrogen and oxygen atoms in total. The molecule has 95 heavy (non-hydrogen) atoms. The first kappa shape index (κ1) is 93.1. The van der Waals surface area contributed by atoms with Crippen molar-refractivity contribution in [3.8, 4) is 0 Å². The van der Waals surface area contributed by atoms with Crippen LogP contribution in [0.4, 0.5) is 0 Å². The summed E-state index contributed by atoms with van der Waals surface area (Å²) in [4.78, 5) is 72.7. The first-order chi connectivity index (χ1) is 45.6. The van der Waals surface area contributed by atoms with Crippen LogP contribution in [0.3, 0.4) is 0 Å². The molecule has 3 unspecified atom stereocenters. The Morgan fingerprint density at radius 1 is 0.263 bits per heavy atom. The Morgan fingerprint density at radius 2 is 0.442 bits per heavy atom. The molecule has 0 aromatic heterocycles. The van der Waals surface area contributed by atoms with E-state index in [1.807, 2.05) is 0 Å². The summed E-state index contributed by atoms with van der Waals surface area (Å²) in [5.74, 6) is 0.856. The van der Waals surface area contributed by atoms with Crippen LogP contribution < -0.4 is 0 Å². The van der Waals surface area contributed by atoms with Crippen LogP contribution in [0.1, 0.15) is 383 Å². The van der Waals surface area contributed by atoms with Crippen LogP contribution in [0.15, 0.2) is 0 Å². The summed E-state index contributed by atoms with van der Waals surface area (Å²) in [7, 11) is -9.91. The highest BCUT2D eigenvalue weighted by Crippen LogP contribution is 2.45. The van der Waals surface area contributed by atoms with Crippen molar-refractivity contribution in [3.63, 3.8) is 0 Å². The fourth-order valence-corrected chi connectivity index (χ4v) is 13.1. The zero-order chi connectivity index (χ0) is 70.3. The monoisotopic (exact) mass is 1400 g/mol. The lowest BCUT2D eigenvalue weighted by Crippen LogP contribution is -2.30. The average molecular weight is 1400 g/mol. The van der Waals surface area contributed by atoms with Crippen LogP contribution in [-0.2, 0) is 65.4 Å². The topological polar surface area (TPSA) is 237 Å². The summed E-state index contributed by atoms with van der Waals surface area (Å²) >= 11 is 0. The van der Waals surface area contributed by atoms with Crippen molar-refractivity contribution in [2.24, 2.45) is 23.7 Å². The van der Waals surface area contributed by atoms with E-state index >= 15 is 0 Å². The highest BCUT2D eigenvalue weighted by atomic mass is 31.2. The van der Waals surface area contributed by atoms with Gasteiger partial charge in [-0.15, -0.1) is 0 Å². The van der Waals surface area contributed by atoms with Gasteiger partial charge in [0.15, 0.2) is 12.2 Å². The molecule has 0 saturated carbocycles. The van der Waals surface area contributed by atoms with Crippen LogP contribution in [0.2, 0.25) is 0 Å². The van der Waals surface area contributed by atoms with E-state index < -0.39 is 97.5 Å². The molecule has 564 valence electrons. The fourth-order valence-electron chi connectivity index (χ4n) is 11.6. The van der Waals surface area contributed by atoms with Gasteiger partial charge in [0, 0.05) is 25.7 Å². The van der Waals surface area contributed by atoms with E-state index in [-0.39, 0.29) is 25.7 Å². The Morgan fingerprint density at radius 3 is 0.653 bits per heavy atom. The lowest BCUT2D eigenvalue weighted by molar-refractivity contribution is -0.161. The molecule has 19 heteroatoms. The van der Waals surface area contributed by atoms with Gasteiger partial charge in [-0.25, -0.2) is 9.13 Å². The van der Waals surface area contributed by atoms with E-state index in [1.165, 1.54) is 180 Å². The van der Waals surface area contributed by atoms with Crippen LogP contribution >= 0.6 is 15.6 Å². The number of hydrogen-bond donors (Lipinski definition) is 3. The van der Waals surface area contributed by atoms with Gasteiger partial charge < -0.3 is 33.8 Å². The van der Waals surface area contributed by atoms with Crippen LogP contribution in [0.5, 0.6) is 0 Å². The number of phosphoric acid groups is 2. The standard InChI is InChI=1S/C76H148O17P2/c1-66(2)52-44-36-28-23-19-15-11-9-10-12-17-21-25-31-40-48-56-73(78)86-62-71(92-75(80)58-50-42-32-26-22-18-14-13-16-20-24-29-37-45-53-67(3)4)64-90-94(82,83)88-60-70(77)61-89-95(84,85)91-65-72(93-76(81)59-51-43-35-34-39-47-55-69(7)8)63-87-74(79)57-49-41-33-27-30-38-46-54-68(5)6/h66-72,77H,9-65H2,1-8H3,(H,82,83)(H,84,85)/t70?,71-,72-/m1/s1. The van der Waals surface area contributed by atoms with Crippen LogP contribution in [-0.4, -0.2) is 96.7 Å². The van der Waals surface area contributed by atoms with Gasteiger partial charge >= 0.3 is 39.5 Å². The molecule has 0 aromatic carbocycles. The Labute approximate surface area is 581 Å². The molecule has 0 fully saturated rings. The second kappa shape index (κ2) is 65.4. The van der Waals surface area contributed by atoms with Gasteiger partial charge in [0.1, 0.15) is 19.3 Å². The van der Waals surface area contributed by atoms with Crippen molar-refractivity contribution in [3.05, 3.63) is 0 Å². The number of carbonyl (C=O) groups is 4. The maximum absolute atomic E-state index is 13.1. The Kier molecular flexibility index (Phi) is 64.0. The number of ether oxygens (including phenoxy) is 4. The fraction of sp³-hybridized carbons (Fsp3) is 0.947. The number of aliphatic hydroxyl groups is 1. The molecule has 0 rings (SSSR count). The molecule has 0 amide bonds. The molecule has 0 bridgehead atoms. The molecule has 0 radical (unpaired) electrons. The minimum absolute atomic E-state index is 0.101. The number of aliphatic hydroxyl groups excluding tert-OH is 1. The number of esters is 4. The van der Waals surface area contributed by atoms with Crippen molar-refractivity contribution < 1.29 is 80.2 Å². The van der Waals surface area contributed by atoms with Crippen LogP contribution in [0, 0.1) is 23.7 Å². The Bertz CT molecular complexity index is 1870. The summed E-state index contributed by atoms with van der Waals surface area (Å²) in [6.45, 7) is 14.1. The van der Waals surface area contributed by atoms with Crippen molar-refractivity contribution in [1.29, 1.82) is 0 Å². The molecule has 0 spiro atoms. The van der Waals surface area contributed by atoms with E-state index in [0.29, 0.717) is 37.5 Å². The zero-order valence-corrected chi connectivity index (χ0v) is 64.1. The minimum Gasteiger partial charge on any atom is -0.462 e. The van der Waals surface area contributed by atoms with E-state index in [0.717, 1.165) is 108 Å². The average Bonchev–Trinajstić information content (AvgIpc) is 2.30. The first-order valence-electron chi connectivity index (χ1n) is 39.2. The summed E-state index contributed by atoms with van der Waals surface area (Å²) in [6, 6.07) is 0. The molecule has 0 aliphatic rings. The SMILES string of the molecule is CC(C)CCCCCCCCCCCCCCCCCCC(=O)OC[C@H](COP(=O)(O)OCC(O)COP(=O)(O)OC[C@@H](COC(=O)CCCCCCCCCC(C)C)OC(=O)CCCCCCCCC(C)C)OC(=O)CCCCCCCCCCCCCCCCC(C)C. The third-order valence-corrected chi connectivity index (χ3v) is 19.5. The van der Waals surface area contributed by atoms with Gasteiger partial charge in [0.2, 0.25) is 0 Å². The molecule has 3 N–H and O–H groups in total. The predicted octanol–water partition coefficient (Wildman–Crippen LogP) is 22.0. The molecule has 0 aliphatic heterocycles. The van der Waals surface area contributed by atoms with Gasteiger partial charge in [-0.2, -0.15) is 0 Å². The van der Waals surface area contributed by atoms with Crippen LogP contribution in [0.25, 0.3) is 0 Å². The molecule has 0 aliphatic carbocycles. The molecule has 5 atom stereocenters. The second-order valence-electron chi connectivity index (χ2n) is 29.3. The van der Waals surface area contributed by atoms with Crippen molar-refractivity contribution >= 4 is 39.5 Å². The maximum Gasteiger partial charge on any atom is 0.472 e. The van der Waals surface area contributed by atoms with E-state index in [2.05, 4.69) is 55.4 Å². The number of carbonyl (C=O) groups excluding carboxylic acids is 4. The van der Waals surface area contributed by atoms with Gasteiger partial charge in [-0.1, -0.05) is 331 Å². The number of rotatable bonds is 73. The lowest BCUT2D eigenvalue weighted by atomic mass is 10.0. The highest BCUT2D eigenvalue weighted by Gasteiger charge is 2.30. The third kappa shape index (κ3) is 70.3. The lowest BCUT2D eigenvalue weighted by Gasteiger charge is -2.21. The largest absolute Gasteiger partial charge is 0.472 e. The summed E-state index contributed by atoms with van der Waals surface area (Å²) in [5, 5.41) is 10.6. The number of phosphoric ester groups is 2. The van der Waals surface area contributed by atoms with Gasteiger partial charge in [0.25, 0.3) is 0 Å². The molecule has 0 aromatic rings. The second-order valence-corrected chi connectivity index (χ2v) is 32.2. The van der Waals surface area contributed by atoms with Crippen molar-refractivity contribution in [1.82, 2.24) is 0 Å². The van der Waals surface area contributed by atoms with Gasteiger partial charge in [0.05, 0.1) is 26.4 Å². The van der Waals surface area contributed by atoms with Crippen molar-refractivity contribution in [2.75, 3.05) is 39.6 Å².